The normalized spacial score (nSPS) is 10.8. The summed E-state index contributed by atoms with van der Waals surface area (Å²) in [7, 11) is -3.32. The van der Waals surface area contributed by atoms with E-state index in [9.17, 15) is 0 Å². The topological polar surface area (TPSA) is 0 Å². The molecule has 0 saturated heterocycles. The summed E-state index contributed by atoms with van der Waals surface area (Å²) in [5, 5.41) is 8.44. The van der Waals surface area contributed by atoms with E-state index in [1.54, 1.807) is 0 Å². The van der Waals surface area contributed by atoms with Crippen LogP contribution in [0.2, 0.25) is 0 Å². The van der Waals surface area contributed by atoms with Crippen molar-refractivity contribution >= 4 is 46.4 Å². The molecule has 0 spiro atoms. The Hall–Kier alpha value is -2.79. The first-order chi connectivity index (χ1) is 20.8. The van der Waals surface area contributed by atoms with Crippen LogP contribution in [0.1, 0.15) is 13.8 Å². The predicted octanol–water partition coefficient (Wildman–Crippen LogP) is 5.33. The molecule has 0 bridgehead atoms. The number of hydrogen-bond donors (Lipinski definition) is 0. The number of halogens is 1. The fourth-order valence-corrected chi connectivity index (χ4v) is 13.2. The molecule has 0 saturated carbocycles. The van der Waals surface area contributed by atoms with Crippen molar-refractivity contribution in [2.24, 2.45) is 0 Å². The zero-order valence-electron chi connectivity index (χ0n) is 25.0. The maximum absolute atomic E-state index is 2.41. The van der Waals surface area contributed by atoms with E-state index in [2.05, 4.69) is 208 Å². The van der Waals surface area contributed by atoms with Gasteiger partial charge < -0.3 is 12.4 Å². The van der Waals surface area contributed by atoms with E-state index in [1.165, 1.54) is 31.8 Å². The summed E-state index contributed by atoms with van der Waals surface area (Å²) >= 11 is 0. The van der Waals surface area contributed by atoms with E-state index in [1.807, 2.05) is 0 Å². The molecule has 0 aliphatic heterocycles. The molecule has 0 unspecified atom stereocenters. The zero-order chi connectivity index (χ0) is 29.1. The van der Waals surface area contributed by atoms with Crippen LogP contribution in [-0.4, -0.2) is 0 Å². The van der Waals surface area contributed by atoms with Crippen molar-refractivity contribution in [3.05, 3.63) is 194 Å². The molecule has 0 heterocycles. The van der Waals surface area contributed by atoms with Crippen LogP contribution in [0.5, 0.6) is 0 Å². The summed E-state index contributed by atoms with van der Waals surface area (Å²) in [6, 6.07) is 65.3. The fourth-order valence-electron chi connectivity index (χ4n) is 5.77. The van der Waals surface area contributed by atoms with Gasteiger partial charge in [-0.1, -0.05) is 109 Å². The molecule has 0 aliphatic carbocycles. The van der Waals surface area contributed by atoms with E-state index < -0.39 is 14.5 Å². The van der Waals surface area contributed by atoms with Gasteiger partial charge in [-0.25, -0.2) is 0 Å². The molecule has 0 fully saturated rings. The quantitative estimate of drug-likeness (QED) is 0.113. The van der Waals surface area contributed by atoms with Crippen molar-refractivity contribution in [1.29, 1.82) is 0 Å². The Bertz CT molecular complexity index is 1300. The second-order valence-electron chi connectivity index (χ2n) is 9.98. The molecule has 226 valence electrons. The maximum Gasteiger partial charge on any atom is 1.00 e. The number of benzene rings is 6. The van der Waals surface area contributed by atoms with Gasteiger partial charge in [-0.2, -0.15) is 26.2 Å². The van der Waals surface area contributed by atoms with Crippen LogP contribution in [0.25, 0.3) is 0 Å². The third kappa shape index (κ3) is 7.53. The fraction of sp³-hybridized carbons (Fsp3) is 0.0500. The summed E-state index contributed by atoms with van der Waals surface area (Å²) in [6.07, 6.45) is 4.82. The van der Waals surface area contributed by atoms with E-state index >= 15 is 0 Å². The van der Waals surface area contributed by atoms with Crippen molar-refractivity contribution < 1.29 is 34.8 Å². The Labute approximate surface area is 287 Å². The van der Waals surface area contributed by atoms with Gasteiger partial charge in [0.25, 0.3) is 0 Å². The minimum atomic E-state index is -1.66. The molecule has 0 nitrogen and oxygen atoms in total. The molecule has 0 aliphatic rings. The smallest absolute Gasteiger partial charge is 1.00 e. The average molecular weight is 724 g/mol. The van der Waals surface area contributed by atoms with Crippen molar-refractivity contribution in [3.8, 4) is 0 Å². The van der Waals surface area contributed by atoms with Gasteiger partial charge in [-0.05, 0) is 87.3 Å². The summed E-state index contributed by atoms with van der Waals surface area (Å²) in [5.41, 5.74) is 0. The molecule has 0 amide bonds. The molecule has 6 rings (SSSR count). The Morgan fingerprint density at radius 1 is 0.295 bits per heavy atom. The van der Waals surface area contributed by atoms with Crippen LogP contribution in [0.3, 0.4) is 0 Å². The molecular formula is C40H38AgClP2. The molecule has 44 heavy (non-hydrogen) atoms. The zero-order valence-corrected chi connectivity index (χ0v) is 29.1. The van der Waals surface area contributed by atoms with Crippen LogP contribution in [0.4, 0.5) is 0 Å². The minimum absolute atomic E-state index is 0. The van der Waals surface area contributed by atoms with Gasteiger partial charge in [-0.3, -0.25) is 0 Å². The van der Waals surface area contributed by atoms with Crippen LogP contribution in [0, 0.1) is 12.3 Å². The monoisotopic (exact) mass is 722 g/mol. The van der Waals surface area contributed by atoms with Crippen molar-refractivity contribution in [3.63, 3.8) is 0 Å². The Kier molecular flexibility index (Phi) is 14.3. The first-order valence-electron chi connectivity index (χ1n) is 14.5. The SMILES string of the molecule is C[CH-][P+](c1ccccc1)(c1ccccc1)c1ccccc1.C[CH-][P+](c1ccccc1)(c1ccccc1)c1ccccc1.[Ag+].[Cl-]. The third-order valence-corrected chi connectivity index (χ3v) is 16.0. The van der Waals surface area contributed by atoms with Gasteiger partial charge in [0, 0.05) is 0 Å². The first kappa shape index (κ1) is 35.7. The summed E-state index contributed by atoms with van der Waals surface area (Å²) < 4.78 is 0. The van der Waals surface area contributed by atoms with Crippen LogP contribution < -0.4 is 44.2 Å². The second kappa shape index (κ2) is 17.6. The third-order valence-electron chi connectivity index (χ3n) is 7.76. The molecule has 0 atom stereocenters. The van der Waals surface area contributed by atoms with Gasteiger partial charge >= 0.3 is 22.4 Å². The summed E-state index contributed by atoms with van der Waals surface area (Å²) in [4.78, 5) is 0. The summed E-state index contributed by atoms with van der Waals surface area (Å²) in [5.74, 6) is 0. The van der Waals surface area contributed by atoms with Gasteiger partial charge in [0.2, 0.25) is 0 Å². The standard InChI is InChI=1S/2C20H19P.Ag.ClH/c2*1-2-21(18-12-6-3-7-13-18,19-14-8-4-9-15-19)20-16-10-5-11-17-20;;/h2*2-17H,1H3;;1H/q;;+1;/p-1. The first-order valence-corrected chi connectivity index (χ1v) is 18.2. The van der Waals surface area contributed by atoms with Gasteiger partial charge in [0.15, 0.2) is 0 Å². The maximum atomic E-state index is 2.41. The Morgan fingerprint density at radius 3 is 0.545 bits per heavy atom. The molecule has 0 aromatic heterocycles. The van der Waals surface area contributed by atoms with Crippen LogP contribution in [0.15, 0.2) is 182 Å². The van der Waals surface area contributed by atoms with Gasteiger partial charge in [0.1, 0.15) is 0 Å². The van der Waals surface area contributed by atoms with Crippen molar-refractivity contribution in [2.75, 3.05) is 0 Å². The Balaban J connectivity index is 0.000000230. The molecule has 6 aromatic carbocycles. The van der Waals surface area contributed by atoms with Crippen molar-refractivity contribution in [1.82, 2.24) is 0 Å². The van der Waals surface area contributed by atoms with E-state index in [0.29, 0.717) is 0 Å². The van der Waals surface area contributed by atoms with Gasteiger partial charge in [-0.15, -0.1) is 0 Å². The van der Waals surface area contributed by atoms with Crippen LogP contribution >= 0.6 is 14.5 Å². The number of hydrogen-bond acceptors (Lipinski definition) is 0. The van der Waals surface area contributed by atoms with E-state index in [0.717, 1.165) is 0 Å². The minimum Gasteiger partial charge on any atom is -1.00 e. The van der Waals surface area contributed by atoms with E-state index in [-0.39, 0.29) is 34.8 Å². The Morgan fingerprint density at radius 2 is 0.432 bits per heavy atom. The molecular weight excluding hydrogens is 686 g/mol. The summed E-state index contributed by atoms with van der Waals surface area (Å²) in [6.45, 7) is 4.39. The molecule has 4 heteroatoms. The van der Waals surface area contributed by atoms with Gasteiger partial charge in [0.05, 0.1) is 31.8 Å². The molecule has 6 aromatic rings. The predicted molar refractivity (Wildman–Crippen MR) is 190 cm³/mol. The van der Waals surface area contributed by atoms with E-state index in [4.69, 9.17) is 0 Å². The van der Waals surface area contributed by atoms with Crippen LogP contribution in [-0.2, 0) is 22.4 Å². The second-order valence-corrected chi connectivity index (χ2v) is 17.0. The largest absolute Gasteiger partial charge is 1.00 e. The molecule has 0 N–H and O–H groups in total. The number of rotatable bonds is 8. The average Bonchev–Trinajstić information content (AvgIpc) is 3.09. The molecule has 0 radical (unpaired) electrons. The van der Waals surface area contributed by atoms with Crippen molar-refractivity contribution in [2.45, 2.75) is 13.8 Å².